The Hall–Kier alpha value is -2.54. The lowest BCUT2D eigenvalue weighted by molar-refractivity contribution is 0.576. The monoisotopic (exact) mass is 458 g/mol. The fourth-order valence-electron chi connectivity index (χ4n) is 4.30. The molecule has 0 N–H and O–H groups in total. The van der Waals surface area contributed by atoms with E-state index in [1.54, 1.807) is 24.8 Å². The molecule has 0 aliphatic heterocycles. The third kappa shape index (κ3) is 4.10. The largest absolute Gasteiger partial charge is 0.261 e. The summed E-state index contributed by atoms with van der Waals surface area (Å²) < 4.78 is 0. The molecule has 0 radical (unpaired) electrons. The minimum Gasteiger partial charge on any atom is -0.261 e. The van der Waals surface area contributed by atoms with Crippen molar-refractivity contribution in [1.82, 2.24) is 19.9 Å². The molecule has 2 unspecified atom stereocenters. The van der Waals surface area contributed by atoms with E-state index in [-0.39, 0.29) is 5.41 Å². The number of rotatable bonds is 5. The van der Waals surface area contributed by atoms with Crippen molar-refractivity contribution < 1.29 is 0 Å². The van der Waals surface area contributed by atoms with E-state index in [0.29, 0.717) is 0 Å². The third-order valence-electron chi connectivity index (χ3n) is 5.68. The summed E-state index contributed by atoms with van der Waals surface area (Å²) in [6.45, 7) is 6.80. The Kier molecular flexibility index (Phi) is 6.47. The normalized spacial score (nSPS) is 12.0. The minimum atomic E-state index is -0.707. The molecule has 2 atom stereocenters. The molecule has 2 heterocycles. The lowest BCUT2D eigenvalue weighted by atomic mass is 9.72. The number of nitrogens with zero attached hydrogens (tertiary/aromatic N) is 4. The van der Waals surface area contributed by atoms with Gasteiger partial charge in [-0.3, -0.25) is 19.9 Å². The van der Waals surface area contributed by atoms with Gasteiger partial charge in [-0.2, -0.15) is 0 Å². The smallest absolute Gasteiger partial charge is 0.0970 e. The quantitative estimate of drug-likeness (QED) is 0.356. The standard InChI is InChI=1S/C26H28N4P2/c1-25(2,3)24-20(18-7-5-4-6-8-18)10-9-19(17-31)23(24)26(32,21-15-27-11-13-29-21)22-16-28-12-14-30-22/h4-16H,17,31-32H2,1-3H3. The van der Waals surface area contributed by atoms with Crippen molar-refractivity contribution in [2.75, 3.05) is 0 Å². The molecule has 2 aromatic carbocycles. The highest BCUT2D eigenvalue weighted by Crippen LogP contribution is 2.50. The molecule has 4 rings (SSSR count). The van der Waals surface area contributed by atoms with E-state index in [1.165, 1.54) is 27.8 Å². The zero-order chi connectivity index (χ0) is 22.8. The van der Waals surface area contributed by atoms with Crippen molar-refractivity contribution in [3.63, 3.8) is 0 Å². The van der Waals surface area contributed by atoms with Crippen molar-refractivity contribution >= 4 is 18.5 Å². The fourth-order valence-corrected chi connectivity index (χ4v) is 5.26. The van der Waals surface area contributed by atoms with Gasteiger partial charge in [0.2, 0.25) is 0 Å². The van der Waals surface area contributed by atoms with E-state index < -0.39 is 5.16 Å². The Morgan fingerprint density at radius 3 is 1.81 bits per heavy atom. The molecule has 0 saturated carbocycles. The molecule has 0 amide bonds. The van der Waals surface area contributed by atoms with Crippen LogP contribution >= 0.6 is 18.5 Å². The number of hydrogen-bond acceptors (Lipinski definition) is 4. The zero-order valence-corrected chi connectivity index (χ0v) is 21.0. The topological polar surface area (TPSA) is 51.6 Å². The molecule has 6 heteroatoms. The van der Waals surface area contributed by atoms with Crippen LogP contribution in [0.4, 0.5) is 0 Å². The molecular weight excluding hydrogens is 430 g/mol. The van der Waals surface area contributed by atoms with E-state index in [2.05, 4.69) is 91.7 Å². The number of aromatic nitrogens is 4. The second-order valence-corrected chi connectivity index (χ2v) is 10.1. The maximum atomic E-state index is 4.75. The predicted molar refractivity (Wildman–Crippen MR) is 138 cm³/mol. The Bertz CT molecular complexity index is 1150. The highest BCUT2D eigenvalue weighted by atomic mass is 31.0. The Balaban J connectivity index is 2.17. The van der Waals surface area contributed by atoms with Crippen LogP contribution in [-0.2, 0) is 16.7 Å². The van der Waals surface area contributed by atoms with E-state index in [4.69, 9.17) is 9.97 Å². The minimum absolute atomic E-state index is 0.136. The van der Waals surface area contributed by atoms with Gasteiger partial charge in [0.1, 0.15) is 0 Å². The average Bonchev–Trinajstić information content (AvgIpc) is 2.83. The molecule has 32 heavy (non-hydrogen) atoms. The van der Waals surface area contributed by atoms with Crippen molar-refractivity contribution in [2.45, 2.75) is 37.5 Å². The molecule has 162 valence electrons. The van der Waals surface area contributed by atoms with Crippen LogP contribution in [0.1, 0.15) is 48.8 Å². The molecule has 0 aliphatic rings. The fraction of sp³-hybridized carbons (Fsp3) is 0.231. The molecule has 4 nitrogen and oxygen atoms in total. The molecule has 0 fully saturated rings. The maximum absolute atomic E-state index is 4.75. The van der Waals surface area contributed by atoms with Crippen LogP contribution in [0.15, 0.2) is 79.6 Å². The first-order valence-electron chi connectivity index (χ1n) is 10.6. The summed E-state index contributed by atoms with van der Waals surface area (Å²) in [4.78, 5) is 18.3. The Labute approximate surface area is 194 Å². The molecule has 0 saturated heterocycles. The molecule has 0 bridgehead atoms. The van der Waals surface area contributed by atoms with Crippen LogP contribution in [0.25, 0.3) is 11.1 Å². The summed E-state index contributed by atoms with van der Waals surface area (Å²) in [6.07, 6.45) is 11.3. The van der Waals surface area contributed by atoms with Crippen molar-refractivity contribution in [1.29, 1.82) is 0 Å². The van der Waals surface area contributed by atoms with Crippen LogP contribution in [0.2, 0.25) is 0 Å². The van der Waals surface area contributed by atoms with Gasteiger partial charge < -0.3 is 0 Å². The van der Waals surface area contributed by atoms with Crippen LogP contribution in [0, 0.1) is 0 Å². The first kappa shape index (κ1) is 22.6. The van der Waals surface area contributed by atoms with E-state index >= 15 is 0 Å². The zero-order valence-electron chi connectivity index (χ0n) is 18.7. The summed E-state index contributed by atoms with van der Waals surface area (Å²) in [5.74, 6) is 0. The maximum Gasteiger partial charge on any atom is 0.0970 e. The van der Waals surface area contributed by atoms with Gasteiger partial charge in [-0.15, -0.1) is 18.5 Å². The molecule has 0 spiro atoms. The van der Waals surface area contributed by atoms with Gasteiger partial charge in [0, 0.05) is 24.8 Å². The highest BCUT2D eigenvalue weighted by molar-refractivity contribution is 7.19. The summed E-state index contributed by atoms with van der Waals surface area (Å²) in [5.41, 5.74) is 7.60. The van der Waals surface area contributed by atoms with Gasteiger partial charge in [-0.1, -0.05) is 63.2 Å². The Morgan fingerprint density at radius 1 is 0.750 bits per heavy atom. The molecule has 2 aromatic heterocycles. The Morgan fingerprint density at radius 2 is 1.34 bits per heavy atom. The van der Waals surface area contributed by atoms with Crippen molar-refractivity contribution in [3.05, 3.63) is 108 Å². The van der Waals surface area contributed by atoms with Crippen molar-refractivity contribution in [2.24, 2.45) is 0 Å². The van der Waals surface area contributed by atoms with Gasteiger partial charge in [-0.05, 0) is 39.4 Å². The van der Waals surface area contributed by atoms with Crippen molar-refractivity contribution in [3.8, 4) is 11.1 Å². The SMILES string of the molecule is CC(C)(C)c1c(-c2ccccc2)ccc(CP)c1C(P)(c1cnccn1)c1cnccn1. The summed E-state index contributed by atoms with van der Waals surface area (Å²) >= 11 is 0. The first-order chi connectivity index (χ1) is 15.4. The van der Waals surface area contributed by atoms with Gasteiger partial charge in [0.25, 0.3) is 0 Å². The van der Waals surface area contributed by atoms with Crippen LogP contribution in [0.3, 0.4) is 0 Å². The van der Waals surface area contributed by atoms with E-state index in [1.807, 2.05) is 12.4 Å². The van der Waals surface area contributed by atoms with E-state index in [0.717, 1.165) is 17.5 Å². The predicted octanol–water partition coefficient (Wildman–Crippen LogP) is 5.77. The lowest BCUT2D eigenvalue weighted by Gasteiger charge is -2.37. The number of hydrogen-bond donors (Lipinski definition) is 0. The van der Waals surface area contributed by atoms with Gasteiger partial charge >= 0.3 is 0 Å². The van der Waals surface area contributed by atoms with Gasteiger partial charge in [0.15, 0.2) is 0 Å². The summed E-state index contributed by atoms with van der Waals surface area (Å²) in [7, 11) is 5.95. The summed E-state index contributed by atoms with van der Waals surface area (Å²) in [5, 5.41) is -0.707. The van der Waals surface area contributed by atoms with Gasteiger partial charge in [-0.25, -0.2) is 0 Å². The van der Waals surface area contributed by atoms with E-state index in [9.17, 15) is 0 Å². The van der Waals surface area contributed by atoms with Gasteiger partial charge in [0.05, 0.1) is 28.9 Å². The molecular formula is C26H28N4P2. The van der Waals surface area contributed by atoms with Crippen LogP contribution in [0.5, 0.6) is 0 Å². The lowest BCUT2D eigenvalue weighted by Crippen LogP contribution is -2.31. The highest BCUT2D eigenvalue weighted by Gasteiger charge is 2.41. The first-order valence-corrected chi connectivity index (χ1v) is 12.0. The second-order valence-electron chi connectivity index (χ2n) is 8.83. The molecule has 0 aliphatic carbocycles. The van der Waals surface area contributed by atoms with Crippen LogP contribution in [-0.4, -0.2) is 19.9 Å². The molecule has 4 aromatic rings. The van der Waals surface area contributed by atoms with Crippen LogP contribution < -0.4 is 0 Å². The third-order valence-corrected chi connectivity index (χ3v) is 7.00. The summed E-state index contributed by atoms with van der Waals surface area (Å²) in [6, 6.07) is 15.0. The average molecular weight is 458 g/mol. The number of benzene rings is 2. The second kappa shape index (κ2) is 9.14.